The quantitative estimate of drug-likeness (QED) is 0.266. The molecule has 12 atom stereocenters. The molecule has 0 unspecified atom stereocenters. The molecule has 5 fully saturated rings. The molecule has 7 rings (SSSR count). The lowest BCUT2D eigenvalue weighted by Gasteiger charge is -2.71. The number of aliphatic carboxylic acids is 1. The molecular formula is C43H69N5O6. The van der Waals surface area contributed by atoms with E-state index in [4.69, 9.17) is 25.0 Å². The number of carboxylic acid groups (broad SMARTS) is 1. The summed E-state index contributed by atoms with van der Waals surface area (Å²) in [6, 6.07) is -0.283. The summed E-state index contributed by atoms with van der Waals surface area (Å²) in [6.45, 7) is 26.0. The van der Waals surface area contributed by atoms with Gasteiger partial charge in [0.25, 0.3) is 5.91 Å². The highest BCUT2D eigenvalue weighted by Gasteiger charge is 2.72. The van der Waals surface area contributed by atoms with Gasteiger partial charge in [-0.3, -0.25) is 9.59 Å². The fraction of sp³-hybridized carbons (Fsp3) is 0.860. The number of carboxylic acids is 1. The molecule has 1 amide bonds. The summed E-state index contributed by atoms with van der Waals surface area (Å²) >= 11 is 0. The van der Waals surface area contributed by atoms with E-state index in [2.05, 4.69) is 80.3 Å². The van der Waals surface area contributed by atoms with Gasteiger partial charge in [-0.25, -0.2) is 9.67 Å². The van der Waals surface area contributed by atoms with Gasteiger partial charge in [-0.2, -0.15) is 5.10 Å². The van der Waals surface area contributed by atoms with Crippen molar-refractivity contribution in [1.29, 1.82) is 0 Å². The van der Waals surface area contributed by atoms with Crippen LogP contribution in [0.15, 0.2) is 18.0 Å². The number of hydrogen-bond donors (Lipinski definition) is 2. The van der Waals surface area contributed by atoms with Gasteiger partial charge in [0.2, 0.25) is 5.82 Å². The Kier molecular flexibility index (Phi) is 10.1. The molecule has 6 aliphatic rings. The zero-order valence-electron chi connectivity index (χ0n) is 34.8. The third-order valence-electron chi connectivity index (χ3n) is 17.4. The maximum absolute atomic E-state index is 14.1. The van der Waals surface area contributed by atoms with Crippen molar-refractivity contribution in [1.82, 2.24) is 19.7 Å². The summed E-state index contributed by atoms with van der Waals surface area (Å²) in [7, 11) is 0. The van der Waals surface area contributed by atoms with Crippen LogP contribution < -0.4 is 5.73 Å². The van der Waals surface area contributed by atoms with Gasteiger partial charge in [-0.1, -0.05) is 74.0 Å². The number of aromatic nitrogens is 3. The number of allylic oxidation sites excluding steroid dienone is 1. The molecule has 11 nitrogen and oxygen atoms in total. The summed E-state index contributed by atoms with van der Waals surface area (Å²) in [5.74, 6) is 0.509. The standard InChI is InChI=1S/C43H69N5O6/c1-26(2)28(5)38(6)15-16-40(8)29-11-12-32-39(7)22-53-24-43(32,30(29)13-14-41(40,9)33(38)37(50)51)21-31(34(39)54-23-42(10,44)27(3)4)48-35(45-25-46-48)36(49)47-17-19-52-20-18-47/h13,25-29,31-34H,11-12,14-24,44H2,1-10H3,(H,50,51)/t28-,29+,31-,32+,33-,34+,38-,39-,40-,41+,42+,43+/m1/s1. The molecule has 0 aromatic carbocycles. The predicted molar refractivity (Wildman–Crippen MR) is 207 cm³/mol. The molecule has 1 aromatic heterocycles. The number of carbonyl (C=O) groups is 2. The third-order valence-corrected chi connectivity index (χ3v) is 17.4. The Bertz CT molecular complexity index is 1630. The number of ether oxygens (including phenoxy) is 3. The second-order valence-electron chi connectivity index (χ2n) is 20.4. The minimum absolute atomic E-state index is 0.131. The number of nitrogens with two attached hydrogens (primary N) is 1. The number of rotatable bonds is 9. The number of hydrogen-bond acceptors (Lipinski definition) is 8. The lowest BCUT2D eigenvalue weighted by atomic mass is 9.34. The number of fused-ring (bicyclic) bond motifs is 3. The SMILES string of the molecule is CC(C)[C@@H](C)[C@@]1(C)CC[C@]2(C)[C@H]3CC[C@@H]4[C@@]5(COC[C@@]4(C)[C@@H](OC[C@](C)(N)C(C)C)[C@H](n4ncnc4C(=O)N4CCOCC4)C5)C3=CC[C@@]2(C)[C@@H]1C(=O)O. The van der Waals surface area contributed by atoms with Gasteiger partial charge >= 0.3 is 5.97 Å². The number of morpholine rings is 1. The van der Waals surface area contributed by atoms with Crippen LogP contribution in [0.25, 0.3) is 0 Å². The summed E-state index contributed by atoms with van der Waals surface area (Å²) in [6.07, 6.45) is 9.04. The van der Waals surface area contributed by atoms with Gasteiger partial charge < -0.3 is 30.0 Å². The highest BCUT2D eigenvalue weighted by molar-refractivity contribution is 5.90. The zero-order valence-corrected chi connectivity index (χ0v) is 34.8. The van der Waals surface area contributed by atoms with Crippen molar-refractivity contribution in [3.63, 3.8) is 0 Å². The topological polar surface area (TPSA) is 142 Å². The first-order chi connectivity index (χ1) is 25.3. The van der Waals surface area contributed by atoms with Gasteiger partial charge in [-0.05, 0) is 91.3 Å². The van der Waals surface area contributed by atoms with Crippen LogP contribution in [-0.4, -0.2) is 94.4 Å². The van der Waals surface area contributed by atoms with E-state index in [1.54, 1.807) is 0 Å². The highest BCUT2D eigenvalue weighted by Crippen LogP contribution is 2.75. The molecule has 3 heterocycles. The first-order valence-electron chi connectivity index (χ1n) is 21.0. The number of amides is 1. The van der Waals surface area contributed by atoms with Crippen molar-refractivity contribution in [3.8, 4) is 0 Å². The maximum Gasteiger partial charge on any atom is 0.307 e. The van der Waals surface area contributed by atoms with Crippen LogP contribution in [0, 0.1) is 62.6 Å². The molecule has 2 aliphatic heterocycles. The van der Waals surface area contributed by atoms with Gasteiger partial charge in [0.15, 0.2) is 0 Å². The number of carbonyl (C=O) groups excluding carboxylic acids is 1. The molecule has 4 aliphatic carbocycles. The Labute approximate surface area is 323 Å². The minimum Gasteiger partial charge on any atom is -0.481 e. The first kappa shape index (κ1) is 39.9. The molecule has 0 radical (unpaired) electrons. The van der Waals surface area contributed by atoms with Crippen molar-refractivity contribution in [3.05, 3.63) is 23.8 Å². The molecule has 2 saturated heterocycles. The van der Waals surface area contributed by atoms with Crippen LogP contribution in [0.5, 0.6) is 0 Å². The second-order valence-corrected chi connectivity index (χ2v) is 20.4. The Hall–Kier alpha value is -2.34. The summed E-state index contributed by atoms with van der Waals surface area (Å²) in [5.41, 5.74) is 6.15. The van der Waals surface area contributed by atoms with Gasteiger partial charge in [0, 0.05) is 29.5 Å². The molecule has 54 heavy (non-hydrogen) atoms. The lowest BCUT2D eigenvalue weighted by molar-refractivity contribution is -0.252. The lowest BCUT2D eigenvalue weighted by Crippen LogP contribution is -2.69. The van der Waals surface area contributed by atoms with Crippen LogP contribution in [0.1, 0.15) is 124 Å². The summed E-state index contributed by atoms with van der Waals surface area (Å²) in [4.78, 5) is 34.1. The van der Waals surface area contributed by atoms with E-state index in [0.29, 0.717) is 64.3 Å². The molecule has 3 saturated carbocycles. The minimum atomic E-state index is -0.648. The summed E-state index contributed by atoms with van der Waals surface area (Å²) < 4.78 is 21.3. The third kappa shape index (κ3) is 5.70. The monoisotopic (exact) mass is 752 g/mol. The summed E-state index contributed by atoms with van der Waals surface area (Å²) in [5, 5.41) is 16.0. The number of nitrogens with zero attached hydrogens (tertiary/aromatic N) is 4. The van der Waals surface area contributed by atoms with E-state index in [1.165, 1.54) is 11.9 Å². The normalized spacial score (nSPS) is 42.4. The maximum atomic E-state index is 14.1. The van der Waals surface area contributed by atoms with Gasteiger partial charge in [0.05, 0.1) is 51.1 Å². The molecule has 3 N–H and O–H groups in total. The fourth-order valence-electron chi connectivity index (χ4n) is 13.1. The Balaban J connectivity index is 1.33. The molecule has 302 valence electrons. The van der Waals surface area contributed by atoms with Crippen molar-refractivity contribution in [2.45, 2.75) is 125 Å². The smallest absolute Gasteiger partial charge is 0.307 e. The molecule has 0 spiro atoms. The zero-order chi connectivity index (χ0) is 39.2. The van der Waals surface area contributed by atoms with Gasteiger partial charge in [0.1, 0.15) is 6.33 Å². The fourth-order valence-corrected chi connectivity index (χ4v) is 13.1. The first-order valence-corrected chi connectivity index (χ1v) is 21.0. The van der Waals surface area contributed by atoms with E-state index in [-0.39, 0.29) is 58.0 Å². The molecular weight excluding hydrogens is 683 g/mol. The van der Waals surface area contributed by atoms with Crippen LogP contribution in [0.2, 0.25) is 0 Å². The highest BCUT2D eigenvalue weighted by atomic mass is 16.5. The molecule has 11 heteroatoms. The van der Waals surface area contributed by atoms with E-state index in [9.17, 15) is 14.7 Å². The van der Waals surface area contributed by atoms with E-state index in [1.807, 2.05) is 9.58 Å². The van der Waals surface area contributed by atoms with E-state index >= 15 is 0 Å². The van der Waals surface area contributed by atoms with Crippen LogP contribution in [0.4, 0.5) is 0 Å². The van der Waals surface area contributed by atoms with Crippen molar-refractivity contribution >= 4 is 11.9 Å². The van der Waals surface area contributed by atoms with Crippen LogP contribution >= 0.6 is 0 Å². The predicted octanol–water partition coefficient (Wildman–Crippen LogP) is 6.64. The van der Waals surface area contributed by atoms with Crippen molar-refractivity contribution in [2.24, 2.45) is 68.3 Å². The average molecular weight is 752 g/mol. The Morgan fingerprint density at radius 3 is 2.39 bits per heavy atom. The average Bonchev–Trinajstić information content (AvgIpc) is 3.61. The molecule has 1 aromatic rings. The van der Waals surface area contributed by atoms with Crippen molar-refractivity contribution < 1.29 is 28.9 Å². The molecule has 2 bridgehead atoms. The Morgan fingerprint density at radius 2 is 1.74 bits per heavy atom. The Morgan fingerprint density at radius 1 is 1.04 bits per heavy atom. The largest absolute Gasteiger partial charge is 0.481 e. The van der Waals surface area contributed by atoms with E-state index in [0.717, 1.165) is 32.1 Å². The van der Waals surface area contributed by atoms with Gasteiger partial charge in [-0.15, -0.1) is 0 Å². The van der Waals surface area contributed by atoms with Crippen LogP contribution in [0.3, 0.4) is 0 Å². The van der Waals surface area contributed by atoms with E-state index < -0.39 is 28.3 Å². The van der Waals surface area contributed by atoms with Crippen molar-refractivity contribution in [2.75, 3.05) is 46.1 Å². The van der Waals surface area contributed by atoms with Crippen LogP contribution in [-0.2, 0) is 19.0 Å². The second kappa shape index (κ2) is 13.7.